The standard InChI is InChI=1S/C21H30N2O/c1-5-24-20-13-11-18(12-14-20)15-22-16-21(3,4)23-17(2)19-9-7-6-8-10-19/h6-14,17,22-23H,5,15-16H2,1-4H3. The molecule has 0 saturated heterocycles. The molecular weight excluding hydrogens is 296 g/mol. The molecule has 0 heterocycles. The number of nitrogens with one attached hydrogen (secondary N) is 2. The normalized spacial score (nSPS) is 12.8. The molecule has 0 spiro atoms. The van der Waals surface area contributed by atoms with E-state index in [1.807, 2.05) is 19.1 Å². The molecule has 2 aromatic carbocycles. The van der Waals surface area contributed by atoms with Crippen molar-refractivity contribution in [2.75, 3.05) is 13.2 Å². The first kappa shape index (κ1) is 18.5. The second-order valence-corrected chi connectivity index (χ2v) is 6.84. The van der Waals surface area contributed by atoms with Gasteiger partial charge in [0.05, 0.1) is 6.61 Å². The second-order valence-electron chi connectivity index (χ2n) is 6.84. The highest BCUT2D eigenvalue weighted by atomic mass is 16.5. The molecule has 2 aromatic rings. The molecule has 0 amide bonds. The highest BCUT2D eigenvalue weighted by Crippen LogP contribution is 2.16. The minimum absolute atomic E-state index is 0.0144. The smallest absolute Gasteiger partial charge is 0.119 e. The Morgan fingerprint density at radius 2 is 1.67 bits per heavy atom. The minimum atomic E-state index is 0.0144. The summed E-state index contributed by atoms with van der Waals surface area (Å²) in [5.74, 6) is 0.930. The Morgan fingerprint density at radius 1 is 1.00 bits per heavy atom. The third kappa shape index (κ3) is 5.99. The van der Waals surface area contributed by atoms with Gasteiger partial charge in [-0.1, -0.05) is 42.5 Å². The molecule has 1 unspecified atom stereocenters. The second kappa shape index (κ2) is 8.86. The van der Waals surface area contributed by atoms with Gasteiger partial charge in [0.25, 0.3) is 0 Å². The molecule has 3 nitrogen and oxygen atoms in total. The summed E-state index contributed by atoms with van der Waals surface area (Å²) in [7, 11) is 0. The Balaban J connectivity index is 1.79. The maximum absolute atomic E-state index is 5.47. The van der Waals surface area contributed by atoms with E-state index >= 15 is 0 Å². The Bertz CT molecular complexity index is 593. The highest BCUT2D eigenvalue weighted by molar-refractivity contribution is 5.27. The number of hydrogen-bond donors (Lipinski definition) is 2. The Hall–Kier alpha value is -1.84. The van der Waals surface area contributed by atoms with Gasteiger partial charge in [0.2, 0.25) is 0 Å². The topological polar surface area (TPSA) is 33.3 Å². The van der Waals surface area contributed by atoms with E-state index in [4.69, 9.17) is 4.74 Å². The van der Waals surface area contributed by atoms with Crippen LogP contribution in [0.5, 0.6) is 5.75 Å². The Kier molecular flexibility index (Phi) is 6.83. The van der Waals surface area contributed by atoms with Crippen molar-refractivity contribution in [3.05, 3.63) is 65.7 Å². The van der Waals surface area contributed by atoms with Crippen LogP contribution < -0.4 is 15.4 Å². The van der Waals surface area contributed by atoms with Crippen LogP contribution in [0.2, 0.25) is 0 Å². The van der Waals surface area contributed by atoms with E-state index in [9.17, 15) is 0 Å². The zero-order valence-corrected chi connectivity index (χ0v) is 15.3. The lowest BCUT2D eigenvalue weighted by Gasteiger charge is -2.31. The van der Waals surface area contributed by atoms with Crippen LogP contribution in [0.25, 0.3) is 0 Å². The van der Waals surface area contributed by atoms with Crippen LogP contribution in [0.1, 0.15) is 44.9 Å². The van der Waals surface area contributed by atoms with E-state index in [-0.39, 0.29) is 5.54 Å². The van der Waals surface area contributed by atoms with Crippen LogP contribution in [0.3, 0.4) is 0 Å². The summed E-state index contributed by atoms with van der Waals surface area (Å²) in [5.41, 5.74) is 2.60. The Labute approximate surface area is 146 Å². The van der Waals surface area contributed by atoms with Crippen molar-refractivity contribution in [1.29, 1.82) is 0 Å². The van der Waals surface area contributed by atoms with Gasteiger partial charge in [-0.05, 0) is 51.0 Å². The molecule has 0 bridgehead atoms. The molecule has 0 saturated carbocycles. The summed E-state index contributed by atoms with van der Waals surface area (Å²) < 4.78 is 5.47. The lowest BCUT2D eigenvalue weighted by atomic mass is 10.0. The first-order valence-electron chi connectivity index (χ1n) is 8.75. The molecule has 0 fully saturated rings. The molecule has 3 heteroatoms. The van der Waals surface area contributed by atoms with Crippen molar-refractivity contribution in [2.24, 2.45) is 0 Å². The first-order valence-corrected chi connectivity index (χ1v) is 8.75. The van der Waals surface area contributed by atoms with Gasteiger partial charge in [0, 0.05) is 24.7 Å². The molecule has 0 aliphatic carbocycles. The molecule has 2 N–H and O–H groups in total. The van der Waals surface area contributed by atoms with Crippen LogP contribution >= 0.6 is 0 Å². The van der Waals surface area contributed by atoms with Crippen molar-refractivity contribution in [3.63, 3.8) is 0 Å². The molecule has 0 aliphatic rings. The minimum Gasteiger partial charge on any atom is -0.494 e. The van der Waals surface area contributed by atoms with Crippen molar-refractivity contribution in [2.45, 2.75) is 45.8 Å². The van der Waals surface area contributed by atoms with Gasteiger partial charge in [-0.25, -0.2) is 0 Å². The summed E-state index contributed by atoms with van der Waals surface area (Å²) in [6.07, 6.45) is 0. The van der Waals surface area contributed by atoms with Gasteiger partial charge in [-0.2, -0.15) is 0 Å². The fourth-order valence-electron chi connectivity index (χ4n) is 2.85. The highest BCUT2D eigenvalue weighted by Gasteiger charge is 2.20. The molecule has 130 valence electrons. The van der Waals surface area contributed by atoms with Crippen molar-refractivity contribution >= 4 is 0 Å². The quantitative estimate of drug-likeness (QED) is 0.720. The summed E-state index contributed by atoms with van der Waals surface area (Å²) in [5, 5.41) is 7.25. The van der Waals surface area contributed by atoms with E-state index in [2.05, 4.69) is 73.9 Å². The molecule has 0 aliphatic heterocycles. The Morgan fingerprint density at radius 3 is 2.29 bits per heavy atom. The molecular formula is C21H30N2O. The summed E-state index contributed by atoms with van der Waals surface area (Å²) in [4.78, 5) is 0. The number of rotatable bonds is 9. The van der Waals surface area contributed by atoms with Crippen molar-refractivity contribution < 1.29 is 4.74 Å². The lowest BCUT2D eigenvalue weighted by molar-refractivity contribution is 0.329. The van der Waals surface area contributed by atoms with E-state index < -0.39 is 0 Å². The van der Waals surface area contributed by atoms with Crippen LogP contribution in [-0.2, 0) is 6.54 Å². The van der Waals surface area contributed by atoms with Crippen LogP contribution in [-0.4, -0.2) is 18.7 Å². The SMILES string of the molecule is CCOc1ccc(CNCC(C)(C)NC(C)c2ccccc2)cc1. The summed E-state index contributed by atoms with van der Waals surface area (Å²) >= 11 is 0. The zero-order chi connectivity index (χ0) is 17.4. The van der Waals surface area contributed by atoms with E-state index in [1.165, 1.54) is 11.1 Å². The third-order valence-electron chi connectivity index (χ3n) is 4.04. The predicted molar refractivity (Wildman–Crippen MR) is 101 cm³/mol. The number of ether oxygens (including phenoxy) is 1. The largest absolute Gasteiger partial charge is 0.494 e. The van der Waals surface area contributed by atoms with E-state index in [0.717, 1.165) is 18.8 Å². The molecule has 0 radical (unpaired) electrons. The van der Waals surface area contributed by atoms with E-state index in [0.29, 0.717) is 12.6 Å². The lowest BCUT2D eigenvalue weighted by Crippen LogP contribution is -2.48. The van der Waals surface area contributed by atoms with Gasteiger partial charge in [0.15, 0.2) is 0 Å². The van der Waals surface area contributed by atoms with Gasteiger partial charge in [-0.15, -0.1) is 0 Å². The third-order valence-corrected chi connectivity index (χ3v) is 4.04. The van der Waals surface area contributed by atoms with Crippen LogP contribution in [0, 0.1) is 0 Å². The molecule has 2 rings (SSSR count). The van der Waals surface area contributed by atoms with Gasteiger partial charge in [0.1, 0.15) is 5.75 Å². The van der Waals surface area contributed by atoms with E-state index in [1.54, 1.807) is 0 Å². The monoisotopic (exact) mass is 326 g/mol. The van der Waals surface area contributed by atoms with Crippen molar-refractivity contribution in [1.82, 2.24) is 10.6 Å². The summed E-state index contributed by atoms with van der Waals surface area (Å²) in [6, 6.07) is 19.2. The van der Waals surface area contributed by atoms with Gasteiger partial charge < -0.3 is 15.4 Å². The first-order chi connectivity index (χ1) is 11.5. The van der Waals surface area contributed by atoms with Gasteiger partial charge >= 0.3 is 0 Å². The molecule has 0 aromatic heterocycles. The predicted octanol–water partition coefficient (Wildman–Crippen LogP) is 4.30. The van der Waals surface area contributed by atoms with Crippen LogP contribution in [0.15, 0.2) is 54.6 Å². The fraction of sp³-hybridized carbons (Fsp3) is 0.429. The van der Waals surface area contributed by atoms with Crippen LogP contribution in [0.4, 0.5) is 0 Å². The number of hydrogen-bond acceptors (Lipinski definition) is 3. The maximum Gasteiger partial charge on any atom is 0.119 e. The maximum atomic E-state index is 5.47. The summed E-state index contributed by atoms with van der Waals surface area (Å²) in [6.45, 7) is 11.1. The van der Waals surface area contributed by atoms with Crippen molar-refractivity contribution in [3.8, 4) is 5.75 Å². The fourth-order valence-corrected chi connectivity index (χ4v) is 2.85. The molecule has 24 heavy (non-hydrogen) atoms. The average Bonchev–Trinajstić information content (AvgIpc) is 2.57. The molecule has 1 atom stereocenters. The average molecular weight is 326 g/mol. The van der Waals surface area contributed by atoms with Gasteiger partial charge in [-0.3, -0.25) is 0 Å². The zero-order valence-electron chi connectivity index (χ0n) is 15.3. The number of benzene rings is 2.